The smallest absolute Gasteiger partial charge is 0.146 e. The Morgan fingerprint density at radius 1 is 1.44 bits per heavy atom. The summed E-state index contributed by atoms with van der Waals surface area (Å²) in [5, 5.41) is 6.28. The van der Waals surface area contributed by atoms with E-state index >= 15 is 0 Å². The highest BCUT2D eigenvalue weighted by molar-refractivity contribution is 5.44. The first-order chi connectivity index (χ1) is 8.66. The second-order valence-corrected chi connectivity index (χ2v) is 4.68. The third kappa shape index (κ3) is 3.40. The molecule has 5 heteroatoms. The fraction of sp³-hybridized carbons (Fsp3) is 0.538. The highest BCUT2D eigenvalue weighted by Crippen LogP contribution is 2.15. The number of anilines is 1. The number of nitrogens with zero attached hydrogens (tertiary/aromatic N) is 1. The zero-order valence-corrected chi connectivity index (χ0v) is 10.5. The van der Waals surface area contributed by atoms with Crippen LogP contribution >= 0.6 is 0 Å². The molecule has 0 radical (unpaired) electrons. The summed E-state index contributed by atoms with van der Waals surface area (Å²) in [7, 11) is 2.09. The van der Waals surface area contributed by atoms with Gasteiger partial charge in [0.1, 0.15) is 11.6 Å². The minimum absolute atomic E-state index is 0.237. The van der Waals surface area contributed by atoms with E-state index in [0.717, 1.165) is 38.2 Å². The van der Waals surface area contributed by atoms with Gasteiger partial charge in [0, 0.05) is 32.2 Å². The second kappa shape index (κ2) is 6.11. The largest absolute Gasteiger partial charge is 0.383 e. The minimum atomic E-state index is -0.421. The van der Waals surface area contributed by atoms with Crippen molar-refractivity contribution in [3.05, 3.63) is 29.8 Å². The topological polar surface area (TPSA) is 27.3 Å². The average Bonchev–Trinajstić information content (AvgIpc) is 2.36. The number of nitrogens with one attached hydrogen (secondary N) is 2. The van der Waals surface area contributed by atoms with Crippen LogP contribution in [-0.2, 0) is 0 Å². The number of hydrogen-bond acceptors (Lipinski definition) is 3. The van der Waals surface area contributed by atoms with Gasteiger partial charge in [0.25, 0.3) is 0 Å². The third-order valence-electron chi connectivity index (χ3n) is 3.37. The van der Waals surface area contributed by atoms with Crippen LogP contribution in [0, 0.1) is 11.6 Å². The summed E-state index contributed by atoms with van der Waals surface area (Å²) in [5.41, 5.74) is 0.237. The van der Waals surface area contributed by atoms with Gasteiger partial charge in [0.05, 0.1) is 5.69 Å². The van der Waals surface area contributed by atoms with Crippen molar-refractivity contribution in [2.24, 2.45) is 0 Å². The maximum absolute atomic E-state index is 13.4. The average molecular weight is 255 g/mol. The first kappa shape index (κ1) is 13.2. The van der Waals surface area contributed by atoms with Crippen molar-refractivity contribution in [3.8, 4) is 0 Å². The molecule has 0 spiro atoms. The summed E-state index contributed by atoms with van der Waals surface area (Å²) >= 11 is 0. The van der Waals surface area contributed by atoms with Crippen LogP contribution in [-0.4, -0.2) is 44.2 Å². The van der Waals surface area contributed by atoms with Crippen molar-refractivity contribution in [2.45, 2.75) is 12.5 Å². The highest BCUT2D eigenvalue weighted by Gasteiger charge is 2.17. The maximum Gasteiger partial charge on any atom is 0.146 e. The van der Waals surface area contributed by atoms with E-state index in [4.69, 9.17) is 0 Å². The normalized spacial score (nSPS) is 20.9. The van der Waals surface area contributed by atoms with E-state index in [0.29, 0.717) is 12.6 Å². The molecule has 100 valence electrons. The lowest BCUT2D eigenvalue weighted by atomic mass is 10.1. The van der Waals surface area contributed by atoms with E-state index in [1.54, 1.807) is 0 Å². The quantitative estimate of drug-likeness (QED) is 0.857. The molecule has 0 saturated carbocycles. The lowest BCUT2D eigenvalue weighted by Crippen LogP contribution is -2.49. The van der Waals surface area contributed by atoms with Crippen LogP contribution in [0.1, 0.15) is 6.42 Å². The number of hydrogen-bond donors (Lipinski definition) is 2. The Kier molecular flexibility index (Phi) is 4.49. The zero-order valence-electron chi connectivity index (χ0n) is 10.5. The predicted octanol–water partition coefficient (Wildman–Crippen LogP) is 1.67. The molecule has 1 aromatic carbocycles. The van der Waals surface area contributed by atoms with E-state index in [-0.39, 0.29) is 5.69 Å². The Labute approximate surface area is 106 Å². The number of benzene rings is 1. The monoisotopic (exact) mass is 255 g/mol. The van der Waals surface area contributed by atoms with Gasteiger partial charge in [-0.05, 0) is 31.7 Å². The fourth-order valence-corrected chi connectivity index (χ4v) is 2.19. The van der Waals surface area contributed by atoms with Crippen molar-refractivity contribution >= 4 is 5.69 Å². The van der Waals surface area contributed by atoms with Gasteiger partial charge < -0.3 is 15.5 Å². The molecule has 18 heavy (non-hydrogen) atoms. The second-order valence-electron chi connectivity index (χ2n) is 4.68. The molecule has 0 amide bonds. The van der Waals surface area contributed by atoms with Crippen molar-refractivity contribution in [2.75, 3.05) is 38.5 Å². The molecule has 1 fully saturated rings. The van der Waals surface area contributed by atoms with Gasteiger partial charge in [-0.15, -0.1) is 0 Å². The van der Waals surface area contributed by atoms with Gasteiger partial charge in [0.15, 0.2) is 0 Å². The van der Waals surface area contributed by atoms with Crippen molar-refractivity contribution in [1.29, 1.82) is 0 Å². The van der Waals surface area contributed by atoms with Crippen molar-refractivity contribution in [1.82, 2.24) is 10.2 Å². The molecule has 1 aliphatic rings. The van der Waals surface area contributed by atoms with Crippen LogP contribution in [0.4, 0.5) is 14.5 Å². The molecule has 0 aromatic heterocycles. The summed E-state index contributed by atoms with van der Waals surface area (Å²) in [6.45, 7) is 3.62. The summed E-state index contributed by atoms with van der Waals surface area (Å²) in [4.78, 5) is 2.29. The van der Waals surface area contributed by atoms with Crippen LogP contribution < -0.4 is 10.6 Å². The van der Waals surface area contributed by atoms with E-state index in [9.17, 15) is 8.78 Å². The van der Waals surface area contributed by atoms with Crippen molar-refractivity contribution in [3.63, 3.8) is 0 Å². The molecule has 1 saturated heterocycles. The molecule has 1 atom stereocenters. The van der Waals surface area contributed by atoms with E-state index in [1.165, 1.54) is 6.07 Å². The summed E-state index contributed by atoms with van der Waals surface area (Å²) in [5.74, 6) is -0.832. The molecule has 0 aliphatic carbocycles. The highest BCUT2D eigenvalue weighted by atomic mass is 19.1. The predicted molar refractivity (Wildman–Crippen MR) is 68.8 cm³/mol. The maximum atomic E-state index is 13.4. The van der Waals surface area contributed by atoms with E-state index < -0.39 is 11.6 Å². The van der Waals surface area contributed by atoms with Gasteiger partial charge in [-0.3, -0.25) is 0 Å². The van der Waals surface area contributed by atoms with Gasteiger partial charge in [0.2, 0.25) is 0 Å². The Balaban J connectivity index is 1.82. The Hall–Kier alpha value is -1.20. The molecular formula is C13H19F2N3. The van der Waals surface area contributed by atoms with Gasteiger partial charge in [-0.25, -0.2) is 8.78 Å². The van der Waals surface area contributed by atoms with E-state index in [2.05, 4.69) is 22.6 Å². The molecule has 2 N–H and O–H groups in total. The fourth-order valence-electron chi connectivity index (χ4n) is 2.19. The molecule has 1 aliphatic heterocycles. The van der Waals surface area contributed by atoms with Crippen LogP contribution in [0.25, 0.3) is 0 Å². The molecular weight excluding hydrogens is 236 g/mol. The molecule has 1 aromatic rings. The SMILES string of the molecule is CN1CCNCC1CCNc1cc(F)ccc1F. The molecule has 1 heterocycles. The first-order valence-corrected chi connectivity index (χ1v) is 6.26. The zero-order chi connectivity index (χ0) is 13.0. The van der Waals surface area contributed by atoms with Crippen LogP contribution in [0.3, 0.4) is 0 Å². The van der Waals surface area contributed by atoms with Gasteiger partial charge >= 0.3 is 0 Å². The Morgan fingerprint density at radius 2 is 2.28 bits per heavy atom. The van der Waals surface area contributed by atoms with E-state index in [1.807, 2.05) is 0 Å². The lowest BCUT2D eigenvalue weighted by molar-refractivity contribution is 0.194. The van der Waals surface area contributed by atoms with Gasteiger partial charge in [-0.2, -0.15) is 0 Å². The summed E-state index contributed by atoms with van der Waals surface area (Å²) in [6.07, 6.45) is 0.902. The lowest BCUT2D eigenvalue weighted by Gasteiger charge is -2.33. The number of rotatable bonds is 4. The summed E-state index contributed by atoms with van der Waals surface area (Å²) < 4.78 is 26.3. The number of likely N-dealkylation sites (N-methyl/N-ethyl adjacent to an activating group) is 1. The van der Waals surface area contributed by atoms with Crippen molar-refractivity contribution < 1.29 is 8.78 Å². The number of halogens is 2. The van der Waals surface area contributed by atoms with Crippen LogP contribution in [0.2, 0.25) is 0 Å². The standard InChI is InChI=1S/C13H19F2N3/c1-18-7-6-16-9-11(18)4-5-17-13-8-10(14)2-3-12(13)15/h2-3,8,11,16-17H,4-7,9H2,1H3. The Bertz CT molecular complexity index is 398. The third-order valence-corrected chi connectivity index (χ3v) is 3.37. The minimum Gasteiger partial charge on any atom is -0.383 e. The van der Waals surface area contributed by atoms with Gasteiger partial charge in [-0.1, -0.05) is 0 Å². The molecule has 0 bridgehead atoms. The number of piperazine rings is 1. The van der Waals surface area contributed by atoms with Crippen LogP contribution in [0.5, 0.6) is 0 Å². The molecule has 3 nitrogen and oxygen atoms in total. The Morgan fingerprint density at radius 3 is 3.06 bits per heavy atom. The first-order valence-electron chi connectivity index (χ1n) is 6.26. The molecule has 2 rings (SSSR count). The summed E-state index contributed by atoms with van der Waals surface area (Å²) in [6, 6.07) is 3.91. The van der Waals surface area contributed by atoms with Crippen LogP contribution in [0.15, 0.2) is 18.2 Å². The molecule has 1 unspecified atom stereocenters.